The number of carbonyl (C=O) groups is 1. The van der Waals surface area contributed by atoms with Crippen LogP contribution in [-0.4, -0.2) is 57.7 Å². The minimum Gasteiger partial charge on any atom is -0.385 e. The van der Waals surface area contributed by atoms with Gasteiger partial charge in [0.1, 0.15) is 0 Å². The molecular weight excluding hydrogens is 382 g/mol. The predicted molar refractivity (Wildman–Crippen MR) is 110 cm³/mol. The number of rotatable bonds is 6. The van der Waals surface area contributed by atoms with Crippen LogP contribution in [0.3, 0.4) is 0 Å². The van der Waals surface area contributed by atoms with E-state index in [-0.39, 0.29) is 11.3 Å². The molecule has 8 heteroatoms. The molecule has 8 nitrogen and oxygen atoms in total. The standard InChI is InChI=1S/C22H25N5O3/c1-16-12-18(15-24-13-16)20(28)27-9-5-22(6-10-27,7-11-29-2)21-25-19(30-26-21)17-4-3-8-23-14-17/h3-4,8,12-15H,5-7,9-11H2,1-2H3. The van der Waals surface area contributed by atoms with Crippen LogP contribution in [-0.2, 0) is 10.2 Å². The van der Waals surface area contributed by atoms with Gasteiger partial charge in [-0.25, -0.2) is 0 Å². The first-order valence-electron chi connectivity index (χ1n) is 10.1. The molecule has 0 bridgehead atoms. The molecule has 156 valence electrons. The zero-order chi connectivity index (χ0) is 21.0. The van der Waals surface area contributed by atoms with Crippen molar-refractivity contribution in [3.05, 3.63) is 59.9 Å². The van der Waals surface area contributed by atoms with Crippen LogP contribution in [0.15, 0.2) is 47.5 Å². The first-order valence-corrected chi connectivity index (χ1v) is 10.1. The molecule has 0 atom stereocenters. The van der Waals surface area contributed by atoms with Gasteiger partial charge in [-0.3, -0.25) is 14.8 Å². The summed E-state index contributed by atoms with van der Waals surface area (Å²) in [6, 6.07) is 5.61. The van der Waals surface area contributed by atoms with Crippen molar-refractivity contribution in [3.8, 4) is 11.5 Å². The van der Waals surface area contributed by atoms with E-state index in [0.29, 0.717) is 37.0 Å². The number of hydrogen-bond donors (Lipinski definition) is 0. The Balaban J connectivity index is 1.53. The molecule has 1 aliphatic heterocycles. The van der Waals surface area contributed by atoms with Crippen LogP contribution in [0.25, 0.3) is 11.5 Å². The quantitative estimate of drug-likeness (QED) is 0.620. The Labute approximate surface area is 175 Å². The Morgan fingerprint density at radius 3 is 2.77 bits per heavy atom. The average Bonchev–Trinajstić information content (AvgIpc) is 3.29. The monoisotopic (exact) mass is 407 g/mol. The van der Waals surface area contributed by atoms with Crippen LogP contribution in [0.1, 0.15) is 41.0 Å². The fraction of sp³-hybridized carbons (Fsp3) is 0.409. The first kappa shape index (κ1) is 20.2. The van der Waals surface area contributed by atoms with Gasteiger partial charge in [-0.1, -0.05) is 5.16 Å². The van der Waals surface area contributed by atoms with Gasteiger partial charge >= 0.3 is 0 Å². The molecule has 1 amide bonds. The maximum atomic E-state index is 12.9. The van der Waals surface area contributed by atoms with E-state index in [2.05, 4.69) is 20.1 Å². The summed E-state index contributed by atoms with van der Waals surface area (Å²) in [4.78, 5) is 27.7. The molecule has 0 N–H and O–H groups in total. The van der Waals surface area contributed by atoms with Gasteiger partial charge in [0.2, 0.25) is 0 Å². The van der Waals surface area contributed by atoms with Crippen LogP contribution in [0.2, 0.25) is 0 Å². The topological polar surface area (TPSA) is 94.2 Å². The highest BCUT2D eigenvalue weighted by Gasteiger charge is 2.41. The molecule has 1 saturated heterocycles. The number of carbonyl (C=O) groups excluding carboxylic acids is 1. The lowest BCUT2D eigenvalue weighted by Crippen LogP contribution is -2.46. The number of methoxy groups -OCH3 is 1. The summed E-state index contributed by atoms with van der Waals surface area (Å²) in [6.07, 6.45) is 9.04. The summed E-state index contributed by atoms with van der Waals surface area (Å²) >= 11 is 0. The molecule has 0 unspecified atom stereocenters. The minimum absolute atomic E-state index is 0.00991. The fourth-order valence-electron chi connectivity index (χ4n) is 3.92. The number of amides is 1. The molecule has 3 aromatic heterocycles. The first-order chi connectivity index (χ1) is 14.6. The second-order valence-electron chi connectivity index (χ2n) is 7.73. The number of aryl methyl sites for hydroxylation is 1. The lowest BCUT2D eigenvalue weighted by molar-refractivity contribution is 0.0615. The molecule has 4 heterocycles. The predicted octanol–water partition coefficient (Wildman–Crippen LogP) is 3.05. The van der Waals surface area contributed by atoms with Crippen LogP contribution in [0.4, 0.5) is 0 Å². The lowest BCUT2D eigenvalue weighted by Gasteiger charge is -2.39. The van der Waals surface area contributed by atoms with Crippen molar-refractivity contribution in [2.45, 2.75) is 31.6 Å². The molecular formula is C22H25N5O3. The number of ether oxygens (including phenoxy) is 1. The van der Waals surface area contributed by atoms with Crippen molar-refractivity contribution in [1.82, 2.24) is 25.0 Å². The van der Waals surface area contributed by atoms with Gasteiger partial charge < -0.3 is 14.2 Å². The normalized spacial score (nSPS) is 15.9. The molecule has 3 aromatic rings. The molecule has 0 saturated carbocycles. The Morgan fingerprint density at radius 1 is 1.23 bits per heavy atom. The molecule has 0 aromatic carbocycles. The molecule has 0 spiro atoms. The molecule has 1 fully saturated rings. The second kappa shape index (κ2) is 8.71. The van der Waals surface area contributed by atoms with E-state index in [9.17, 15) is 4.79 Å². The second-order valence-corrected chi connectivity index (χ2v) is 7.73. The number of aromatic nitrogens is 4. The van der Waals surface area contributed by atoms with Gasteiger partial charge in [-0.2, -0.15) is 4.98 Å². The van der Waals surface area contributed by atoms with Crippen LogP contribution in [0, 0.1) is 6.92 Å². The van der Waals surface area contributed by atoms with E-state index >= 15 is 0 Å². The van der Waals surface area contributed by atoms with Gasteiger partial charge in [0.15, 0.2) is 5.82 Å². The fourth-order valence-corrected chi connectivity index (χ4v) is 3.92. The minimum atomic E-state index is -0.290. The Kier molecular flexibility index (Phi) is 5.85. The largest absolute Gasteiger partial charge is 0.385 e. The van der Waals surface area contributed by atoms with E-state index in [0.717, 1.165) is 30.4 Å². The van der Waals surface area contributed by atoms with E-state index in [1.165, 1.54) is 0 Å². The molecule has 0 aliphatic carbocycles. The zero-order valence-corrected chi connectivity index (χ0v) is 17.2. The summed E-state index contributed by atoms with van der Waals surface area (Å²) in [6.45, 7) is 3.76. The lowest BCUT2D eigenvalue weighted by atomic mass is 9.75. The van der Waals surface area contributed by atoms with Crippen molar-refractivity contribution < 1.29 is 14.1 Å². The number of piperidine rings is 1. The van der Waals surface area contributed by atoms with Gasteiger partial charge in [-0.05, 0) is 49.9 Å². The third kappa shape index (κ3) is 4.09. The molecule has 30 heavy (non-hydrogen) atoms. The summed E-state index contributed by atoms with van der Waals surface area (Å²) in [5.41, 5.74) is 2.10. The van der Waals surface area contributed by atoms with Crippen LogP contribution in [0.5, 0.6) is 0 Å². The number of nitrogens with zero attached hydrogens (tertiary/aromatic N) is 5. The van der Waals surface area contributed by atoms with Crippen molar-refractivity contribution in [3.63, 3.8) is 0 Å². The highest BCUT2D eigenvalue weighted by molar-refractivity contribution is 5.94. The molecule has 0 radical (unpaired) electrons. The maximum Gasteiger partial charge on any atom is 0.259 e. The van der Waals surface area contributed by atoms with Gasteiger partial charge in [0, 0.05) is 57.0 Å². The van der Waals surface area contributed by atoms with Crippen LogP contribution >= 0.6 is 0 Å². The zero-order valence-electron chi connectivity index (χ0n) is 17.2. The average molecular weight is 407 g/mol. The highest BCUT2D eigenvalue weighted by Crippen LogP contribution is 2.38. The van der Waals surface area contributed by atoms with Crippen LogP contribution < -0.4 is 0 Å². The third-order valence-electron chi connectivity index (χ3n) is 5.72. The third-order valence-corrected chi connectivity index (χ3v) is 5.72. The van der Waals surface area contributed by atoms with E-state index in [1.807, 2.05) is 30.0 Å². The summed E-state index contributed by atoms with van der Waals surface area (Å²) in [5.74, 6) is 1.14. The smallest absolute Gasteiger partial charge is 0.259 e. The van der Waals surface area contributed by atoms with Crippen molar-refractivity contribution >= 4 is 5.91 Å². The molecule has 1 aliphatic rings. The van der Waals surface area contributed by atoms with Gasteiger partial charge in [0.05, 0.1) is 11.1 Å². The molecule has 4 rings (SSSR count). The summed E-state index contributed by atoms with van der Waals surface area (Å²) in [5, 5.41) is 4.30. The van der Waals surface area contributed by atoms with Gasteiger partial charge in [0.25, 0.3) is 11.8 Å². The Hall–Kier alpha value is -3.13. The summed E-state index contributed by atoms with van der Waals surface area (Å²) < 4.78 is 10.9. The van der Waals surface area contributed by atoms with Crippen molar-refractivity contribution in [2.75, 3.05) is 26.8 Å². The van der Waals surface area contributed by atoms with Crippen molar-refractivity contribution in [2.24, 2.45) is 0 Å². The number of pyridine rings is 2. The van der Waals surface area contributed by atoms with Crippen molar-refractivity contribution in [1.29, 1.82) is 0 Å². The Morgan fingerprint density at radius 2 is 2.07 bits per heavy atom. The van der Waals surface area contributed by atoms with Gasteiger partial charge in [-0.15, -0.1) is 0 Å². The highest BCUT2D eigenvalue weighted by atomic mass is 16.5. The SMILES string of the molecule is COCCC1(c2noc(-c3cccnc3)n2)CCN(C(=O)c2cncc(C)c2)CC1. The maximum absolute atomic E-state index is 12.9. The number of hydrogen-bond acceptors (Lipinski definition) is 7. The van der Waals surface area contributed by atoms with E-state index < -0.39 is 0 Å². The van der Waals surface area contributed by atoms with E-state index in [4.69, 9.17) is 9.26 Å². The Bertz CT molecular complexity index is 997. The number of likely N-dealkylation sites (tertiary alicyclic amines) is 1. The van der Waals surface area contributed by atoms with E-state index in [1.54, 1.807) is 31.9 Å². The summed E-state index contributed by atoms with van der Waals surface area (Å²) in [7, 11) is 1.69.